The van der Waals surface area contributed by atoms with Crippen molar-refractivity contribution in [1.82, 2.24) is 9.97 Å². The van der Waals surface area contributed by atoms with Crippen molar-refractivity contribution in [2.24, 2.45) is 5.73 Å². The number of nitrogens with two attached hydrogens (primary N) is 1. The van der Waals surface area contributed by atoms with Gasteiger partial charge in [0.05, 0.1) is 0 Å². The maximum Gasteiger partial charge on any atom is 0.267 e. The van der Waals surface area contributed by atoms with Gasteiger partial charge in [0.25, 0.3) is 5.91 Å². The SMILES string of the molecule is NC(=O)c1cc(NC2CCN(c3ccccn3)CC2)ccn1. The number of pyridine rings is 2. The van der Waals surface area contributed by atoms with Gasteiger partial charge >= 0.3 is 0 Å². The van der Waals surface area contributed by atoms with E-state index in [1.54, 1.807) is 12.3 Å². The zero-order valence-electron chi connectivity index (χ0n) is 12.3. The standard InChI is InChI=1S/C16H19N5O/c17-16(22)14-11-13(4-8-18-14)20-12-5-9-21(10-6-12)15-3-1-2-7-19-15/h1-4,7-8,11-12H,5-6,9-10H2,(H2,17,22)(H,18,20). The summed E-state index contributed by atoms with van der Waals surface area (Å²) in [6.45, 7) is 1.92. The van der Waals surface area contributed by atoms with Gasteiger partial charge in [-0.2, -0.15) is 0 Å². The predicted molar refractivity (Wildman–Crippen MR) is 85.8 cm³/mol. The van der Waals surface area contributed by atoms with Crippen molar-refractivity contribution in [3.8, 4) is 0 Å². The highest BCUT2D eigenvalue weighted by atomic mass is 16.1. The number of aromatic nitrogens is 2. The highest BCUT2D eigenvalue weighted by molar-refractivity contribution is 5.91. The Hall–Kier alpha value is -2.63. The number of piperidine rings is 1. The largest absolute Gasteiger partial charge is 0.382 e. The minimum absolute atomic E-state index is 0.288. The van der Waals surface area contributed by atoms with Crippen molar-refractivity contribution < 1.29 is 4.79 Å². The van der Waals surface area contributed by atoms with Gasteiger partial charge in [0.1, 0.15) is 11.5 Å². The van der Waals surface area contributed by atoms with E-state index in [2.05, 4.69) is 20.2 Å². The minimum atomic E-state index is -0.506. The Morgan fingerprint density at radius 1 is 1.18 bits per heavy atom. The van der Waals surface area contributed by atoms with Gasteiger partial charge in [-0.3, -0.25) is 9.78 Å². The molecule has 3 N–H and O–H groups in total. The predicted octanol–water partition coefficient (Wildman–Crippen LogP) is 1.66. The van der Waals surface area contributed by atoms with Gasteiger partial charge in [-0.25, -0.2) is 4.98 Å². The lowest BCUT2D eigenvalue weighted by molar-refractivity contribution is 0.0995. The van der Waals surface area contributed by atoms with E-state index in [4.69, 9.17) is 5.73 Å². The van der Waals surface area contributed by atoms with Gasteiger partial charge in [0.2, 0.25) is 0 Å². The number of rotatable bonds is 4. The topological polar surface area (TPSA) is 84.1 Å². The van der Waals surface area contributed by atoms with Crippen molar-refractivity contribution in [2.75, 3.05) is 23.3 Å². The summed E-state index contributed by atoms with van der Waals surface area (Å²) >= 11 is 0. The van der Waals surface area contributed by atoms with Crippen LogP contribution in [0.25, 0.3) is 0 Å². The van der Waals surface area contributed by atoms with E-state index in [-0.39, 0.29) is 5.69 Å². The van der Waals surface area contributed by atoms with Gasteiger partial charge in [-0.05, 0) is 37.1 Å². The normalized spacial score (nSPS) is 15.5. The summed E-state index contributed by atoms with van der Waals surface area (Å²) in [6, 6.07) is 9.91. The Morgan fingerprint density at radius 2 is 2.00 bits per heavy atom. The first-order valence-corrected chi connectivity index (χ1v) is 7.41. The van der Waals surface area contributed by atoms with Crippen LogP contribution < -0.4 is 16.0 Å². The number of anilines is 2. The number of carbonyl (C=O) groups is 1. The second-order valence-corrected chi connectivity index (χ2v) is 5.39. The first kappa shape index (κ1) is 14.3. The average Bonchev–Trinajstić information content (AvgIpc) is 2.56. The molecule has 0 spiro atoms. The van der Waals surface area contributed by atoms with Gasteiger partial charge < -0.3 is 16.0 Å². The molecule has 2 aromatic rings. The van der Waals surface area contributed by atoms with Gasteiger partial charge in [-0.1, -0.05) is 6.07 Å². The smallest absolute Gasteiger partial charge is 0.267 e. The molecule has 0 saturated carbocycles. The molecule has 1 aliphatic rings. The van der Waals surface area contributed by atoms with Crippen LogP contribution in [0.15, 0.2) is 42.7 Å². The molecular weight excluding hydrogens is 278 g/mol. The Morgan fingerprint density at radius 3 is 2.68 bits per heavy atom. The number of hydrogen-bond acceptors (Lipinski definition) is 5. The molecule has 0 aromatic carbocycles. The van der Waals surface area contributed by atoms with Crippen molar-refractivity contribution in [3.63, 3.8) is 0 Å². The molecule has 0 bridgehead atoms. The van der Waals surface area contributed by atoms with Crippen LogP contribution in [0.2, 0.25) is 0 Å². The molecule has 0 atom stereocenters. The van der Waals surface area contributed by atoms with E-state index in [9.17, 15) is 4.79 Å². The first-order valence-electron chi connectivity index (χ1n) is 7.41. The fourth-order valence-electron chi connectivity index (χ4n) is 2.68. The van der Waals surface area contributed by atoms with Crippen LogP contribution in [-0.4, -0.2) is 35.0 Å². The molecule has 0 aliphatic carbocycles. The quantitative estimate of drug-likeness (QED) is 0.896. The molecule has 3 rings (SSSR count). The van der Waals surface area contributed by atoms with Gasteiger partial charge in [-0.15, -0.1) is 0 Å². The van der Waals surface area contributed by atoms with Crippen LogP contribution in [0.4, 0.5) is 11.5 Å². The Labute approximate surface area is 129 Å². The number of nitrogens with one attached hydrogen (secondary N) is 1. The van der Waals surface area contributed by atoms with Crippen LogP contribution in [0.1, 0.15) is 23.3 Å². The van der Waals surface area contributed by atoms with Crippen molar-refractivity contribution >= 4 is 17.4 Å². The van der Waals surface area contributed by atoms with Gasteiger partial charge in [0.15, 0.2) is 0 Å². The molecule has 1 fully saturated rings. The zero-order chi connectivity index (χ0) is 15.4. The monoisotopic (exact) mass is 297 g/mol. The van der Waals surface area contributed by atoms with Crippen molar-refractivity contribution in [1.29, 1.82) is 0 Å². The summed E-state index contributed by atoms with van der Waals surface area (Å²) < 4.78 is 0. The van der Waals surface area contributed by atoms with Crippen LogP contribution in [0.3, 0.4) is 0 Å². The summed E-state index contributed by atoms with van der Waals surface area (Å²) in [7, 11) is 0. The second kappa shape index (κ2) is 6.43. The van der Waals surface area contributed by atoms with E-state index < -0.39 is 5.91 Å². The molecule has 3 heterocycles. The van der Waals surface area contributed by atoms with Crippen LogP contribution in [-0.2, 0) is 0 Å². The van der Waals surface area contributed by atoms with E-state index in [0.29, 0.717) is 6.04 Å². The zero-order valence-corrected chi connectivity index (χ0v) is 12.3. The van der Waals surface area contributed by atoms with Crippen molar-refractivity contribution in [3.05, 3.63) is 48.4 Å². The van der Waals surface area contributed by atoms with Crippen molar-refractivity contribution in [2.45, 2.75) is 18.9 Å². The fraction of sp³-hybridized carbons (Fsp3) is 0.312. The lowest BCUT2D eigenvalue weighted by Gasteiger charge is -2.33. The number of primary amides is 1. The van der Waals surface area contributed by atoms with E-state index >= 15 is 0 Å². The molecular formula is C16H19N5O. The summed E-state index contributed by atoms with van der Waals surface area (Å²) in [6.07, 6.45) is 5.46. The van der Waals surface area contributed by atoms with E-state index in [0.717, 1.165) is 37.4 Å². The second-order valence-electron chi connectivity index (χ2n) is 5.39. The maximum atomic E-state index is 11.2. The number of carbonyl (C=O) groups excluding carboxylic acids is 1. The molecule has 1 aliphatic heterocycles. The molecule has 0 unspecified atom stereocenters. The third-order valence-corrected chi connectivity index (χ3v) is 3.85. The Balaban J connectivity index is 1.58. The third-order valence-electron chi connectivity index (χ3n) is 3.85. The summed E-state index contributed by atoms with van der Waals surface area (Å²) in [5.41, 5.74) is 6.43. The lowest BCUT2D eigenvalue weighted by Crippen LogP contribution is -2.39. The van der Waals surface area contributed by atoms with Crippen LogP contribution in [0, 0.1) is 0 Å². The summed E-state index contributed by atoms with van der Waals surface area (Å²) in [5.74, 6) is 0.523. The molecule has 22 heavy (non-hydrogen) atoms. The molecule has 1 amide bonds. The highest BCUT2D eigenvalue weighted by Crippen LogP contribution is 2.20. The number of hydrogen-bond donors (Lipinski definition) is 2. The van der Waals surface area contributed by atoms with Crippen LogP contribution >= 0.6 is 0 Å². The molecule has 6 nitrogen and oxygen atoms in total. The molecule has 6 heteroatoms. The maximum absolute atomic E-state index is 11.2. The Kier molecular flexibility index (Phi) is 4.18. The lowest BCUT2D eigenvalue weighted by atomic mass is 10.0. The average molecular weight is 297 g/mol. The number of nitrogens with zero attached hydrogens (tertiary/aromatic N) is 3. The highest BCUT2D eigenvalue weighted by Gasteiger charge is 2.20. The van der Waals surface area contributed by atoms with Gasteiger partial charge in [0, 0.05) is 37.2 Å². The molecule has 0 radical (unpaired) electrons. The molecule has 1 saturated heterocycles. The first-order chi connectivity index (χ1) is 10.7. The van der Waals surface area contributed by atoms with E-state index in [1.165, 1.54) is 0 Å². The fourth-order valence-corrected chi connectivity index (χ4v) is 2.68. The minimum Gasteiger partial charge on any atom is -0.382 e. The third kappa shape index (κ3) is 3.33. The Bertz CT molecular complexity index is 638. The summed E-state index contributed by atoms with van der Waals surface area (Å²) in [5, 5.41) is 3.45. The van der Waals surface area contributed by atoms with E-state index in [1.807, 2.05) is 30.5 Å². The summed E-state index contributed by atoms with van der Waals surface area (Å²) in [4.78, 5) is 21.8. The molecule has 114 valence electrons. The van der Waals surface area contributed by atoms with Crippen LogP contribution in [0.5, 0.6) is 0 Å². The molecule has 2 aromatic heterocycles. The number of amides is 1.